The molecule has 1 atom stereocenters. The minimum atomic E-state index is -1.13. The minimum Gasteiger partial charge on any atom is -0.481 e. The Bertz CT molecular complexity index is 900. The fourth-order valence-corrected chi connectivity index (χ4v) is 3.68. The quantitative estimate of drug-likeness (QED) is 0.432. The number of amides is 2. The van der Waals surface area contributed by atoms with Crippen molar-refractivity contribution in [2.45, 2.75) is 31.3 Å². The van der Waals surface area contributed by atoms with Gasteiger partial charge in [0.1, 0.15) is 6.61 Å². The van der Waals surface area contributed by atoms with Crippen LogP contribution in [0.2, 0.25) is 0 Å². The van der Waals surface area contributed by atoms with Crippen molar-refractivity contribution in [2.24, 2.45) is 0 Å². The van der Waals surface area contributed by atoms with E-state index in [1.807, 2.05) is 36.4 Å². The fraction of sp³-hybridized carbons (Fsp3) is 0.348. The van der Waals surface area contributed by atoms with Crippen molar-refractivity contribution in [3.63, 3.8) is 0 Å². The van der Waals surface area contributed by atoms with Gasteiger partial charge in [-0.05, 0) is 28.7 Å². The third-order valence-electron chi connectivity index (χ3n) is 5.14. The molecule has 31 heavy (non-hydrogen) atoms. The van der Waals surface area contributed by atoms with Crippen LogP contribution in [0.25, 0.3) is 11.1 Å². The normalized spacial score (nSPS) is 13.1. The first-order valence-corrected chi connectivity index (χ1v) is 10.2. The summed E-state index contributed by atoms with van der Waals surface area (Å²) >= 11 is 0. The van der Waals surface area contributed by atoms with Crippen LogP contribution in [0, 0.1) is 0 Å². The third kappa shape index (κ3) is 6.05. The Balaban J connectivity index is 1.38. The molecule has 0 radical (unpaired) electrons. The van der Waals surface area contributed by atoms with Crippen LogP contribution in [0.1, 0.15) is 36.3 Å². The SMILES string of the molecule is O=C(O)CC(O)CNC(=O)CCCNC(=O)OCC1c2ccccc2-c2ccccc21. The fourth-order valence-electron chi connectivity index (χ4n) is 3.68. The van der Waals surface area contributed by atoms with Crippen LogP contribution in [0.3, 0.4) is 0 Å². The molecular weight excluding hydrogens is 400 g/mol. The lowest BCUT2D eigenvalue weighted by atomic mass is 9.98. The second kappa shape index (κ2) is 10.6. The van der Waals surface area contributed by atoms with E-state index in [2.05, 4.69) is 22.8 Å². The Kier molecular flexibility index (Phi) is 7.61. The molecule has 1 unspecified atom stereocenters. The number of ether oxygens (including phenoxy) is 1. The zero-order valence-corrected chi connectivity index (χ0v) is 17.0. The zero-order chi connectivity index (χ0) is 22.2. The molecule has 2 amide bonds. The Morgan fingerprint density at radius 3 is 2.19 bits per heavy atom. The second-order valence-corrected chi connectivity index (χ2v) is 7.41. The van der Waals surface area contributed by atoms with Crippen LogP contribution >= 0.6 is 0 Å². The average molecular weight is 426 g/mol. The van der Waals surface area contributed by atoms with Gasteiger partial charge in [0.05, 0.1) is 12.5 Å². The van der Waals surface area contributed by atoms with Crippen molar-refractivity contribution in [2.75, 3.05) is 19.7 Å². The molecule has 2 aromatic rings. The van der Waals surface area contributed by atoms with Crippen LogP contribution in [-0.4, -0.2) is 54.0 Å². The Labute approximate surface area is 180 Å². The van der Waals surface area contributed by atoms with Gasteiger partial charge in [-0.25, -0.2) is 4.79 Å². The van der Waals surface area contributed by atoms with E-state index in [0.29, 0.717) is 6.42 Å². The van der Waals surface area contributed by atoms with Gasteiger partial charge in [0, 0.05) is 25.4 Å². The average Bonchev–Trinajstić information content (AvgIpc) is 3.07. The van der Waals surface area contributed by atoms with Crippen molar-refractivity contribution in [1.82, 2.24) is 10.6 Å². The molecular formula is C23H26N2O6. The molecule has 164 valence electrons. The highest BCUT2D eigenvalue weighted by Crippen LogP contribution is 2.44. The molecule has 0 fully saturated rings. The van der Waals surface area contributed by atoms with Crippen molar-refractivity contribution in [3.05, 3.63) is 59.7 Å². The number of alkyl carbamates (subject to hydrolysis) is 1. The number of aliphatic hydroxyl groups excluding tert-OH is 1. The molecule has 0 aromatic heterocycles. The van der Waals surface area contributed by atoms with Crippen LogP contribution in [0.5, 0.6) is 0 Å². The Hall–Kier alpha value is -3.39. The number of benzene rings is 2. The lowest BCUT2D eigenvalue weighted by molar-refractivity contribution is -0.139. The van der Waals surface area contributed by atoms with Gasteiger partial charge < -0.3 is 25.6 Å². The molecule has 0 aliphatic heterocycles. The molecule has 1 aliphatic rings. The van der Waals surface area contributed by atoms with Gasteiger partial charge in [-0.3, -0.25) is 9.59 Å². The summed E-state index contributed by atoms with van der Waals surface area (Å²) < 4.78 is 5.42. The van der Waals surface area contributed by atoms with E-state index in [0.717, 1.165) is 22.3 Å². The number of fused-ring (bicyclic) bond motifs is 3. The first-order chi connectivity index (χ1) is 15.0. The largest absolute Gasteiger partial charge is 0.481 e. The molecule has 0 heterocycles. The van der Waals surface area contributed by atoms with Gasteiger partial charge >= 0.3 is 12.1 Å². The lowest BCUT2D eigenvalue weighted by Crippen LogP contribution is -2.34. The zero-order valence-electron chi connectivity index (χ0n) is 17.0. The number of carboxylic acids is 1. The predicted octanol–water partition coefficient (Wildman–Crippen LogP) is 2.26. The molecule has 4 N–H and O–H groups in total. The van der Waals surface area contributed by atoms with E-state index in [1.165, 1.54) is 0 Å². The van der Waals surface area contributed by atoms with Crippen LogP contribution < -0.4 is 10.6 Å². The van der Waals surface area contributed by atoms with Crippen LogP contribution in [-0.2, 0) is 14.3 Å². The van der Waals surface area contributed by atoms with Crippen molar-refractivity contribution in [3.8, 4) is 11.1 Å². The predicted molar refractivity (Wildman–Crippen MR) is 114 cm³/mol. The summed E-state index contributed by atoms with van der Waals surface area (Å²) in [5.74, 6) is -1.46. The number of carbonyl (C=O) groups is 3. The standard InChI is InChI=1S/C23H26N2O6/c26-15(12-22(28)29)13-25-21(27)10-5-11-24-23(30)31-14-20-18-8-3-1-6-16(18)17-7-2-4-9-19(17)20/h1-4,6-9,15,20,26H,5,10-14H2,(H,24,30)(H,25,27)(H,28,29). The van der Waals surface area contributed by atoms with Gasteiger partial charge in [-0.1, -0.05) is 48.5 Å². The third-order valence-corrected chi connectivity index (χ3v) is 5.14. The summed E-state index contributed by atoms with van der Waals surface area (Å²) in [6.07, 6.45) is -1.56. The molecule has 0 saturated carbocycles. The Morgan fingerprint density at radius 2 is 1.58 bits per heavy atom. The first kappa shape index (κ1) is 22.3. The van der Waals surface area contributed by atoms with Crippen molar-refractivity contribution >= 4 is 18.0 Å². The summed E-state index contributed by atoms with van der Waals surface area (Å²) in [6, 6.07) is 16.2. The van der Waals surface area contributed by atoms with E-state index < -0.39 is 24.6 Å². The number of hydrogen-bond acceptors (Lipinski definition) is 5. The topological polar surface area (TPSA) is 125 Å². The number of nitrogens with one attached hydrogen (secondary N) is 2. The van der Waals surface area contributed by atoms with Gasteiger partial charge in [-0.15, -0.1) is 0 Å². The maximum absolute atomic E-state index is 12.1. The summed E-state index contributed by atoms with van der Waals surface area (Å²) in [5, 5.41) is 23.1. The van der Waals surface area contributed by atoms with Gasteiger partial charge in [0.15, 0.2) is 0 Å². The molecule has 0 saturated heterocycles. The number of carboxylic acid groups (broad SMARTS) is 1. The van der Waals surface area contributed by atoms with Gasteiger partial charge in [0.25, 0.3) is 0 Å². The van der Waals surface area contributed by atoms with E-state index >= 15 is 0 Å². The van der Waals surface area contributed by atoms with Gasteiger partial charge in [-0.2, -0.15) is 0 Å². The number of aliphatic carboxylic acids is 1. The number of aliphatic hydroxyl groups is 1. The summed E-state index contributed by atoms with van der Waals surface area (Å²) in [5.41, 5.74) is 4.59. The molecule has 3 rings (SSSR count). The lowest BCUT2D eigenvalue weighted by Gasteiger charge is -2.14. The molecule has 0 bridgehead atoms. The summed E-state index contributed by atoms with van der Waals surface area (Å²) in [6.45, 7) is 0.370. The van der Waals surface area contributed by atoms with Crippen molar-refractivity contribution < 1.29 is 29.3 Å². The van der Waals surface area contributed by atoms with Gasteiger partial charge in [0.2, 0.25) is 5.91 Å². The number of carbonyl (C=O) groups excluding carboxylic acids is 2. The molecule has 0 spiro atoms. The smallest absolute Gasteiger partial charge is 0.407 e. The molecule has 8 heteroatoms. The highest BCUT2D eigenvalue weighted by atomic mass is 16.5. The maximum Gasteiger partial charge on any atom is 0.407 e. The Morgan fingerprint density at radius 1 is 0.968 bits per heavy atom. The highest BCUT2D eigenvalue weighted by molar-refractivity contribution is 5.79. The maximum atomic E-state index is 12.1. The first-order valence-electron chi connectivity index (χ1n) is 10.2. The molecule has 2 aromatic carbocycles. The molecule has 1 aliphatic carbocycles. The monoisotopic (exact) mass is 426 g/mol. The minimum absolute atomic E-state index is 0.0128. The highest BCUT2D eigenvalue weighted by Gasteiger charge is 2.28. The number of hydrogen-bond donors (Lipinski definition) is 4. The summed E-state index contributed by atoms with van der Waals surface area (Å²) in [4.78, 5) is 34.2. The summed E-state index contributed by atoms with van der Waals surface area (Å²) in [7, 11) is 0. The van der Waals surface area contributed by atoms with E-state index in [9.17, 15) is 19.5 Å². The van der Waals surface area contributed by atoms with Crippen LogP contribution in [0.4, 0.5) is 4.79 Å². The van der Waals surface area contributed by atoms with Crippen molar-refractivity contribution in [1.29, 1.82) is 0 Å². The van der Waals surface area contributed by atoms with E-state index in [1.54, 1.807) is 0 Å². The second-order valence-electron chi connectivity index (χ2n) is 7.41. The van der Waals surface area contributed by atoms with E-state index in [-0.39, 0.29) is 37.9 Å². The van der Waals surface area contributed by atoms with E-state index in [4.69, 9.17) is 9.84 Å². The molecule has 8 nitrogen and oxygen atoms in total. The number of rotatable bonds is 10. The van der Waals surface area contributed by atoms with Crippen LogP contribution in [0.15, 0.2) is 48.5 Å².